The maximum Gasteiger partial charge on any atom is 0.143 e. The van der Waals surface area contributed by atoms with Crippen LogP contribution >= 0.6 is 0 Å². The minimum atomic E-state index is 0.876. The fraction of sp³-hybridized carbons (Fsp3) is 0. The van der Waals surface area contributed by atoms with Gasteiger partial charge < -0.3 is 9.32 Å². The summed E-state index contributed by atoms with van der Waals surface area (Å²) in [4.78, 5) is 2.43. The Bertz CT molecular complexity index is 2810. The molecular weight excluding hydrogens is 655 g/mol. The number of rotatable bonds is 7. The van der Waals surface area contributed by atoms with Crippen LogP contribution in [0.5, 0.6) is 0 Å². The van der Waals surface area contributed by atoms with Gasteiger partial charge in [0.2, 0.25) is 0 Å². The van der Waals surface area contributed by atoms with Crippen LogP contribution < -0.4 is 4.90 Å². The molecule has 0 unspecified atom stereocenters. The molecule has 10 rings (SSSR count). The first-order valence-electron chi connectivity index (χ1n) is 18.4. The molecule has 1 heterocycles. The van der Waals surface area contributed by atoms with Crippen LogP contribution in [0.15, 0.2) is 217 Å². The summed E-state index contributed by atoms with van der Waals surface area (Å²) in [6.45, 7) is 0. The van der Waals surface area contributed by atoms with Gasteiger partial charge in [-0.15, -0.1) is 0 Å². The van der Waals surface area contributed by atoms with E-state index in [4.69, 9.17) is 4.42 Å². The quantitative estimate of drug-likeness (QED) is 0.166. The Morgan fingerprint density at radius 2 is 0.815 bits per heavy atom. The predicted octanol–water partition coefficient (Wildman–Crippen LogP) is 14.9. The highest BCUT2D eigenvalue weighted by molar-refractivity contribution is 6.20. The molecule has 0 radical (unpaired) electrons. The summed E-state index contributed by atoms with van der Waals surface area (Å²) >= 11 is 0. The van der Waals surface area contributed by atoms with E-state index in [-0.39, 0.29) is 0 Å². The fourth-order valence-corrected chi connectivity index (χ4v) is 7.91. The minimum absolute atomic E-state index is 0.876. The van der Waals surface area contributed by atoms with Gasteiger partial charge in [0.25, 0.3) is 0 Å². The normalized spacial score (nSPS) is 11.3. The van der Waals surface area contributed by atoms with E-state index in [1.807, 2.05) is 0 Å². The second-order valence-electron chi connectivity index (χ2n) is 13.7. The molecule has 1 aromatic heterocycles. The molecule has 0 saturated heterocycles. The van der Waals surface area contributed by atoms with Gasteiger partial charge in [0, 0.05) is 38.7 Å². The summed E-state index contributed by atoms with van der Waals surface area (Å²) in [6.07, 6.45) is 0. The first kappa shape index (κ1) is 31.6. The van der Waals surface area contributed by atoms with Gasteiger partial charge >= 0.3 is 0 Å². The van der Waals surface area contributed by atoms with E-state index >= 15 is 0 Å². The van der Waals surface area contributed by atoms with Crippen LogP contribution in [0, 0.1) is 0 Å². The molecule has 0 saturated carbocycles. The molecule has 254 valence electrons. The van der Waals surface area contributed by atoms with Crippen LogP contribution in [0.1, 0.15) is 0 Å². The molecule has 2 nitrogen and oxygen atoms in total. The lowest BCUT2D eigenvalue weighted by Crippen LogP contribution is -2.12. The fourth-order valence-electron chi connectivity index (χ4n) is 7.91. The first-order chi connectivity index (χ1) is 26.8. The lowest BCUT2D eigenvalue weighted by Gasteiger charge is -2.31. The van der Waals surface area contributed by atoms with Gasteiger partial charge in [-0.25, -0.2) is 0 Å². The van der Waals surface area contributed by atoms with E-state index in [1.165, 1.54) is 27.6 Å². The van der Waals surface area contributed by atoms with Gasteiger partial charge in [-0.3, -0.25) is 0 Å². The summed E-state index contributed by atoms with van der Waals surface area (Å²) in [7, 11) is 0. The molecular formula is C52H35NO. The minimum Gasteiger partial charge on any atom is -0.455 e. The number of benzene rings is 9. The van der Waals surface area contributed by atoms with E-state index < -0.39 is 0 Å². The zero-order valence-electron chi connectivity index (χ0n) is 29.6. The van der Waals surface area contributed by atoms with E-state index in [1.54, 1.807) is 0 Å². The van der Waals surface area contributed by atoms with E-state index in [0.717, 1.165) is 66.6 Å². The first-order valence-corrected chi connectivity index (χ1v) is 18.4. The molecule has 0 bridgehead atoms. The molecule has 0 amide bonds. The van der Waals surface area contributed by atoms with Crippen LogP contribution in [0.2, 0.25) is 0 Å². The zero-order chi connectivity index (χ0) is 35.8. The molecule has 0 aliphatic carbocycles. The van der Waals surface area contributed by atoms with Crippen molar-refractivity contribution < 1.29 is 4.42 Å². The number of nitrogens with zero attached hydrogens (tertiary/aromatic N) is 1. The van der Waals surface area contributed by atoms with Crippen molar-refractivity contribution in [1.82, 2.24) is 0 Å². The van der Waals surface area contributed by atoms with Gasteiger partial charge in [-0.1, -0.05) is 176 Å². The Labute approximate surface area is 314 Å². The van der Waals surface area contributed by atoms with Gasteiger partial charge in [0.15, 0.2) is 0 Å². The molecule has 9 aromatic carbocycles. The van der Waals surface area contributed by atoms with Crippen molar-refractivity contribution in [2.45, 2.75) is 0 Å². The summed E-state index contributed by atoms with van der Waals surface area (Å²) in [5.74, 6) is 0. The van der Waals surface area contributed by atoms with E-state index in [0.29, 0.717) is 0 Å². The van der Waals surface area contributed by atoms with Gasteiger partial charge in [-0.2, -0.15) is 0 Å². The summed E-state index contributed by atoms with van der Waals surface area (Å²) in [5.41, 5.74) is 14.3. The molecule has 54 heavy (non-hydrogen) atoms. The second kappa shape index (κ2) is 13.4. The standard InChI is InChI=1S/C52H35NO/c1-4-14-36(15-5-1)38-26-31-42(32-27-38)53(43-33-28-39(29-34-43)37-16-6-2-7-17-37)51-44(40-18-8-3-9-19-40)22-12-24-47(51)46-23-13-25-49-50(46)48-35-30-41-20-10-11-21-45(41)52(48)54-49/h1-35H. The number of hydrogen-bond donors (Lipinski definition) is 0. The van der Waals surface area contributed by atoms with Crippen LogP contribution in [-0.4, -0.2) is 0 Å². The summed E-state index contributed by atoms with van der Waals surface area (Å²) < 4.78 is 6.71. The number of furan rings is 1. The maximum atomic E-state index is 6.71. The van der Waals surface area contributed by atoms with Gasteiger partial charge in [-0.05, 0) is 75.2 Å². The molecule has 10 aromatic rings. The Balaban J connectivity index is 1.25. The Morgan fingerprint density at radius 1 is 0.315 bits per heavy atom. The lowest BCUT2D eigenvalue weighted by atomic mass is 9.91. The highest BCUT2D eigenvalue weighted by Gasteiger charge is 2.24. The maximum absolute atomic E-state index is 6.71. The third-order valence-corrected chi connectivity index (χ3v) is 10.5. The third-order valence-electron chi connectivity index (χ3n) is 10.5. The number of hydrogen-bond acceptors (Lipinski definition) is 2. The van der Waals surface area contributed by atoms with Crippen molar-refractivity contribution in [3.8, 4) is 44.5 Å². The summed E-state index contributed by atoms with van der Waals surface area (Å²) in [5, 5.41) is 4.51. The monoisotopic (exact) mass is 689 g/mol. The molecule has 0 atom stereocenters. The molecule has 0 spiro atoms. The molecule has 0 N–H and O–H groups in total. The smallest absolute Gasteiger partial charge is 0.143 e. The van der Waals surface area contributed by atoms with Crippen molar-refractivity contribution in [1.29, 1.82) is 0 Å². The second-order valence-corrected chi connectivity index (χ2v) is 13.7. The Morgan fingerprint density at radius 3 is 1.44 bits per heavy atom. The van der Waals surface area contributed by atoms with Crippen molar-refractivity contribution in [3.05, 3.63) is 212 Å². The SMILES string of the molecule is c1ccc(-c2ccc(N(c3ccc(-c4ccccc4)cc3)c3c(-c4ccccc4)cccc3-c3cccc4oc5c6ccccc6ccc5c34)cc2)cc1. The number of fused-ring (bicyclic) bond motifs is 5. The van der Waals surface area contributed by atoms with Gasteiger partial charge in [0.1, 0.15) is 11.2 Å². The van der Waals surface area contributed by atoms with Crippen LogP contribution in [0.25, 0.3) is 77.2 Å². The van der Waals surface area contributed by atoms with Gasteiger partial charge in [0.05, 0.1) is 5.69 Å². The molecule has 0 aliphatic heterocycles. The topological polar surface area (TPSA) is 16.4 Å². The highest BCUT2D eigenvalue weighted by Crippen LogP contribution is 2.49. The highest BCUT2D eigenvalue weighted by atomic mass is 16.3. The predicted molar refractivity (Wildman–Crippen MR) is 228 cm³/mol. The Kier molecular flexibility index (Phi) is 7.85. The van der Waals surface area contributed by atoms with Crippen LogP contribution in [0.4, 0.5) is 17.1 Å². The van der Waals surface area contributed by atoms with Crippen molar-refractivity contribution in [2.24, 2.45) is 0 Å². The number of para-hydroxylation sites is 1. The van der Waals surface area contributed by atoms with Crippen molar-refractivity contribution in [3.63, 3.8) is 0 Å². The largest absolute Gasteiger partial charge is 0.455 e. The average molecular weight is 690 g/mol. The van der Waals surface area contributed by atoms with Crippen LogP contribution in [0.3, 0.4) is 0 Å². The summed E-state index contributed by atoms with van der Waals surface area (Å²) in [6, 6.07) is 75.9. The molecule has 2 heteroatoms. The van der Waals surface area contributed by atoms with E-state index in [9.17, 15) is 0 Å². The zero-order valence-corrected chi connectivity index (χ0v) is 29.6. The average Bonchev–Trinajstić information content (AvgIpc) is 3.65. The molecule has 0 aliphatic rings. The van der Waals surface area contributed by atoms with Crippen molar-refractivity contribution >= 4 is 49.8 Å². The van der Waals surface area contributed by atoms with Crippen LogP contribution in [-0.2, 0) is 0 Å². The number of anilines is 3. The lowest BCUT2D eigenvalue weighted by molar-refractivity contribution is 0.673. The van der Waals surface area contributed by atoms with Crippen molar-refractivity contribution in [2.75, 3.05) is 4.90 Å². The molecule has 0 fully saturated rings. The third kappa shape index (κ3) is 5.53. The van der Waals surface area contributed by atoms with E-state index in [2.05, 4.69) is 217 Å². The Hall–Kier alpha value is -7.16.